The van der Waals surface area contributed by atoms with Crippen molar-refractivity contribution in [2.24, 2.45) is 4.99 Å². The minimum absolute atomic E-state index is 0.458. The van der Waals surface area contributed by atoms with Gasteiger partial charge in [0.25, 0.3) is 0 Å². The van der Waals surface area contributed by atoms with E-state index in [0.717, 1.165) is 24.5 Å². The fraction of sp³-hybridized carbons (Fsp3) is 0.556. The standard InChI is InChI=1S/C9H14N4/c1-3-13-6-8(5-11-13)9-10-4-7(2)12-9/h5-7H,3-4H2,1-2H3,(H,10,12). The molecule has 1 aliphatic heterocycles. The molecule has 1 N–H and O–H groups in total. The van der Waals surface area contributed by atoms with Crippen molar-refractivity contribution in [2.75, 3.05) is 6.54 Å². The van der Waals surface area contributed by atoms with Crippen LogP contribution < -0.4 is 5.32 Å². The second kappa shape index (κ2) is 3.20. The monoisotopic (exact) mass is 178 g/mol. The second-order valence-electron chi connectivity index (χ2n) is 3.32. The number of aryl methyl sites for hydroxylation is 1. The van der Waals surface area contributed by atoms with Gasteiger partial charge in [-0.3, -0.25) is 9.67 Å². The molecule has 0 spiro atoms. The van der Waals surface area contributed by atoms with Crippen LogP contribution in [-0.4, -0.2) is 28.2 Å². The summed E-state index contributed by atoms with van der Waals surface area (Å²) in [4.78, 5) is 4.39. The van der Waals surface area contributed by atoms with Crippen molar-refractivity contribution in [2.45, 2.75) is 26.4 Å². The molecule has 0 amide bonds. The van der Waals surface area contributed by atoms with Crippen LogP contribution in [0.25, 0.3) is 0 Å². The molecule has 1 atom stereocenters. The predicted octanol–water partition coefficient (Wildman–Crippen LogP) is 0.641. The molecule has 1 unspecified atom stereocenters. The number of aromatic nitrogens is 2. The molecule has 0 aliphatic carbocycles. The first kappa shape index (κ1) is 8.29. The minimum atomic E-state index is 0.458. The molecule has 2 rings (SSSR count). The van der Waals surface area contributed by atoms with Crippen LogP contribution in [0.5, 0.6) is 0 Å². The fourth-order valence-corrected chi connectivity index (χ4v) is 1.39. The van der Waals surface area contributed by atoms with Gasteiger partial charge in [-0.2, -0.15) is 5.10 Å². The third-order valence-electron chi connectivity index (χ3n) is 2.14. The van der Waals surface area contributed by atoms with E-state index in [9.17, 15) is 0 Å². The highest BCUT2D eigenvalue weighted by molar-refractivity contribution is 5.99. The smallest absolute Gasteiger partial charge is 0.131 e. The first-order chi connectivity index (χ1) is 6.29. The zero-order valence-electron chi connectivity index (χ0n) is 7.99. The van der Waals surface area contributed by atoms with Gasteiger partial charge < -0.3 is 5.32 Å². The van der Waals surface area contributed by atoms with E-state index in [2.05, 4.69) is 29.3 Å². The highest BCUT2D eigenvalue weighted by atomic mass is 15.3. The molecule has 0 saturated heterocycles. The van der Waals surface area contributed by atoms with Crippen molar-refractivity contribution in [1.29, 1.82) is 0 Å². The Bertz CT molecular complexity index is 326. The lowest BCUT2D eigenvalue weighted by Gasteiger charge is -2.02. The zero-order valence-corrected chi connectivity index (χ0v) is 7.99. The predicted molar refractivity (Wildman–Crippen MR) is 51.9 cm³/mol. The van der Waals surface area contributed by atoms with Crippen molar-refractivity contribution in [1.82, 2.24) is 15.1 Å². The summed E-state index contributed by atoms with van der Waals surface area (Å²) in [5.41, 5.74) is 1.09. The summed E-state index contributed by atoms with van der Waals surface area (Å²) in [6, 6.07) is 0.458. The maximum atomic E-state index is 4.39. The lowest BCUT2D eigenvalue weighted by molar-refractivity contribution is 0.659. The molecule has 0 radical (unpaired) electrons. The number of nitrogens with zero attached hydrogens (tertiary/aromatic N) is 3. The summed E-state index contributed by atoms with van der Waals surface area (Å²) < 4.78 is 1.91. The van der Waals surface area contributed by atoms with Crippen LogP contribution >= 0.6 is 0 Å². The van der Waals surface area contributed by atoms with E-state index in [1.165, 1.54) is 0 Å². The first-order valence-corrected chi connectivity index (χ1v) is 4.63. The van der Waals surface area contributed by atoms with Crippen molar-refractivity contribution in [3.05, 3.63) is 18.0 Å². The van der Waals surface area contributed by atoms with Gasteiger partial charge in [-0.25, -0.2) is 0 Å². The second-order valence-corrected chi connectivity index (χ2v) is 3.32. The van der Waals surface area contributed by atoms with Gasteiger partial charge in [-0.15, -0.1) is 0 Å². The van der Waals surface area contributed by atoms with E-state index in [4.69, 9.17) is 0 Å². The number of hydrogen-bond donors (Lipinski definition) is 1. The molecule has 1 aromatic rings. The Kier molecular flexibility index (Phi) is 2.04. The number of hydrogen-bond acceptors (Lipinski definition) is 3. The van der Waals surface area contributed by atoms with Gasteiger partial charge in [0.2, 0.25) is 0 Å². The Balaban J connectivity index is 2.17. The van der Waals surface area contributed by atoms with Gasteiger partial charge in [-0.05, 0) is 13.8 Å². The van der Waals surface area contributed by atoms with Gasteiger partial charge in [-0.1, -0.05) is 0 Å². The Morgan fingerprint density at radius 1 is 1.69 bits per heavy atom. The largest absolute Gasteiger partial charge is 0.365 e. The van der Waals surface area contributed by atoms with Crippen molar-refractivity contribution < 1.29 is 0 Å². The fourth-order valence-electron chi connectivity index (χ4n) is 1.39. The summed E-state index contributed by atoms with van der Waals surface area (Å²) >= 11 is 0. The maximum Gasteiger partial charge on any atom is 0.131 e. The molecule has 0 fully saturated rings. The van der Waals surface area contributed by atoms with E-state index >= 15 is 0 Å². The molecule has 1 aromatic heterocycles. The quantitative estimate of drug-likeness (QED) is 0.722. The lowest BCUT2D eigenvalue weighted by atomic mass is 10.3. The van der Waals surface area contributed by atoms with Crippen LogP contribution in [-0.2, 0) is 6.54 Å². The Labute approximate surface area is 77.7 Å². The van der Waals surface area contributed by atoms with Crippen LogP contribution in [0.4, 0.5) is 0 Å². The van der Waals surface area contributed by atoms with Crippen LogP contribution in [0.1, 0.15) is 19.4 Å². The molecule has 13 heavy (non-hydrogen) atoms. The SMILES string of the molecule is CCn1cc(C2=NCC(C)N2)cn1. The van der Waals surface area contributed by atoms with E-state index in [0.29, 0.717) is 6.04 Å². The van der Waals surface area contributed by atoms with Crippen LogP contribution in [0.15, 0.2) is 17.4 Å². The molecule has 0 bridgehead atoms. The first-order valence-electron chi connectivity index (χ1n) is 4.63. The van der Waals surface area contributed by atoms with Crippen molar-refractivity contribution in [3.63, 3.8) is 0 Å². The number of rotatable bonds is 2. The average molecular weight is 178 g/mol. The highest BCUT2D eigenvalue weighted by Gasteiger charge is 2.14. The van der Waals surface area contributed by atoms with Gasteiger partial charge in [0.05, 0.1) is 18.3 Å². The van der Waals surface area contributed by atoms with E-state index in [1.807, 2.05) is 17.1 Å². The Hall–Kier alpha value is -1.32. The average Bonchev–Trinajstić information content (AvgIpc) is 2.71. The van der Waals surface area contributed by atoms with Crippen LogP contribution in [0, 0.1) is 0 Å². The highest BCUT2D eigenvalue weighted by Crippen LogP contribution is 2.04. The Morgan fingerprint density at radius 3 is 3.08 bits per heavy atom. The van der Waals surface area contributed by atoms with Gasteiger partial charge in [0.15, 0.2) is 0 Å². The van der Waals surface area contributed by atoms with Gasteiger partial charge in [0.1, 0.15) is 5.84 Å². The van der Waals surface area contributed by atoms with Gasteiger partial charge in [0, 0.05) is 18.8 Å². The molecule has 4 nitrogen and oxygen atoms in total. The summed E-state index contributed by atoms with van der Waals surface area (Å²) in [7, 11) is 0. The summed E-state index contributed by atoms with van der Waals surface area (Å²) in [5.74, 6) is 0.979. The lowest BCUT2D eigenvalue weighted by Crippen LogP contribution is -2.27. The molecule has 1 aliphatic rings. The van der Waals surface area contributed by atoms with E-state index in [-0.39, 0.29) is 0 Å². The molecule has 2 heterocycles. The van der Waals surface area contributed by atoms with Gasteiger partial charge >= 0.3 is 0 Å². The van der Waals surface area contributed by atoms with E-state index < -0.39 is 0 Å². The molecular weight excluding hydrogens is 164 g/mol. The van der Waals surface area contributed by atoms with Crippen LogP contribution in [0.2, 0.25) is 0 Å². The maximum absolute atomic E-state index is 4.39. The number of amidine groups is 1. The van der Waals surface area contributed by atoms with Crippen molar-refractivity contribution in [3.8, 4) is 0 Å². The topological polar surface area (TPSA) is 42.2 Å². The summed E-state index contributed by atoms with van der Waals surface area (Å²) in [6.45, 7) is 5.97. The molecule has 70 valence electrons. The number of aliphatic imine (C=N–C) groups is 1. The van der Waals surface area contributed by atoms with Crippen molar-refractivity contribution >= 4 is 5.84 Å². The number of nitrogens with one attached hydrogen (secondary N) is 1. The molecule has 0 aromatic carbocycles. The summed E-state index contributed by atoms with van der Waals surface area (Å²) in [6.07, 6.45) is 3.87. The molecule has 4 heteroatoms. The Morgan fingerprint density at radius 2 is 2.54 bits per heavy atom. The molecular formula is C9H14N4. The molecule has 0 saturated carbocycles. The third kappa shape index (κ3) is 1.56. The van der Waals surface area contributed by atoms with E-state index in [1.54, 1.807) is 0 Å². The minimum Gasteiger partial charge on any atom is -0.365 e. The van der Waals surface area contributed by atoms with Crippen LogP contribution in [0.3, 0.4) is 0 Å². The zero-order chi connectivity index (χ0) is 9.26. The normalized spacial score (nSPS) is 21.4. The third-order valence-corrected chi connectivity index (χ3v) is 2.14. The summed E-state index contributed by atoms with van der Waals surface area (Å²) in [5, 5.41) is 7.50.